The van der Waals surface area contributed by atoms with Crippen LogP contribution in [0.5, 0.6) is 0 Å². The highest BCUT2D eigenvalue weighted by atomic mass is 79.9. The van der Waals surface area contributed by atoms with Crippen LogP contribution in [0.15, 0.2) is 40.9 Å². The van der Waals surface area contributed by atoms with E-state index in [-0.39, 0.29) is 5.91 Å². The number of hydrogen-bond donors (Lipinski definition) is 2. The first-order valence-corrected chi connectivity index (χ1v) is 6.77. The topological polar surface area (TPSA) is 55.1 Å². The summed E-state index contributed by atoms with van der Waals surface area (Å²) in [5.41, 5.74) is 8.37. The van der Waals surface area contributed by atoms with Crippen LogP contribution in [0.3, 0.4) is 0 Å². The average Bonchev–Trinajstić information content (AvgIpc) is 2.36. The van der Waals surface area contributed by atoms with Crippen LogP contribution in [0.25, 0.3) is 0 Å². The molecule has 2 aromatic carbocycles. The lowest BCUT2D eigenvalue weighted by atomic mass is 10.1. The average molecular weight is 340 g/mol. The Balaban J connectivity index is 2.25. The first-order chi connectivity index (χ1) is 8.97. The Morgan fingerprint density at radius 1 is 1.26 bits per heavy atom. The van der Waals surface area contributed by atoms with Crippen molar-refractivity contribution in [2.75, 3.05) is 11.1 Å². The molecule has 3 nitrogen and oxygen atoms in total. The molecule has 0 saturated heterocycles. The van der Waals surface area contributed by atoms with E-state index in [9.17, 15) is 4.79 Å². The molecule has 0 aliphatic heterocycles. The van der Waals surface area contributed by atoms with Crippen molar-refractivity contribution in [2.24, 2.45) is 0 Å². The summed E-state index contributed by atoms with van der Waals surface area (Å²) in [6.45, 7) is 1.87. The van der Waals surface area contributed by atoms with Crippen LogP contribution in [0.2, 0.25) is 5.02 Å². The van der Waals surface area contributed by atoms with E-state index in [0.717, 1.165) is 10.0 Å². The summed E-state index contributed by atoms with van der Waals surface area (Å²) in [4.78, 5) is 12.2. The minimum atomic E-state index is -0.195. The first-order valence-electron chi connectivity index (χ1n) is 5.60. The summed E-state index contributed by atoms with van der Waals surface area (Å²) >= 11 is 9.22. The standard InChI is InChI=1S/C14H12BrClN2O/c1-8-2-3-9(17)6-11(8)14(19)18-10-4-5-13(16)12(15)7-10/h2-7H,17H2,1H3,(H,18,19). The van der Waals surface area contributed by atoms with Gasteiger partial charge in [0.2, 0.25) is 0 Å². The van der Waals surface area contributed by atoms with E-state index >= 15 is 0 Å². The third-order valence-electron chi connectivity index (χ3n) is 2.68. The van der Waals surface area contributed by atoms with Gasteiger partial charge in [0.1, 0.15) is 0 Å². The molecule has 0 aliphatic carbocycles. The zero-order valence-corrected chi connectivity index (χ0v) is 12.5. The van der Waals surface area contributed by atoms with Gasteiger partial charge in [-0.2, -0.15) is 0 Å². The molecule has 2 aromatic rings. The van der Waals surface area contributed by atoms with Crippen molar-refractivity contribution < 1.29 is 4.79 Å². The van der Waals surface area contributed by atoms with Gasteiger partial charge in [-0.15, -0.1) is 0 Å². The molecule has 0 fully saturated rings. The highest BCUT2D eigenvalue weighted by Crippen LogP contribution is 2.26. The Labute approximate surface area is 124 Å². The fourth-order valence-corrected chi connectivity index (χ4v) is 2.15. The van der Waals surface area contributed by atoms with Crippen molar-refractivity contribution in [2.45, 2.75) is 6.92 Å². The van der Waals surface area contributed by atoms with Gasteiger partial charge in [-0.25, -0.2) is 0 Å². The molecule has 0 heterocycles. The molecule has 0 bridgehead atoms. The molecule has 0 atom stereocenters. The maximum atomic E-state index is 12.2. The lowest BCUT2D eigenvalue weighted by Crippen LogP contribution is -2.13. The molecule has 0 spiro atoms. The second-order valence-corrected chi connectivity index (χ2v) is 5.42. The van der Waals surface area contributed by atoms with Crippen molar-refractivity contribution in [3.63, 3.8) is 0 Å². The third kappa shape index (κ3) is 3.28. The van der Waals surface area contributed by atoms with Crippen LogP contribution in [-0.4, -0.2) is 5.91 Å². The predicted molar refractivity (Wildman–Crippen MR) is 82.7 cm³/mol. The number of halogens is 2. The van der Waals surface area contributed by atoms with Crippen molar-refractivity contribution in [1.29, 1.82) is 0 Å². The largest absolute Gasteiger partial charge is 0.399 e. The molecular formula is C14H12BrClN2O. The molecule has 0 unspecified atom stereocenters. The molecule has 0 saturated carbocycles. The fraction of sp³-hybridized carbons (Fsp3) is 0.0714. The van der Waals surface area contributed by atoms with Crippen LogP contribution < -0.4 is 11.1 Å². The number of rotatable bonds is 2. The van der Waals surface area contributed by atoms with Gasteiger partial charge < -0.3 is 11.1 Å². The normalized spacial score (nSPS) is 10.3. The van der Waals surface area contributed by atoms with Gasteiger partial charge in [-0.05, 0) is 58.7 Å². The summed E-state index contributed by atoms with van der Waals surface area (Å²) < 4.78 is 0.733. The number of carbonyl (C=O) groups is 1. The van der Waals surface area contributed by atoms with E-state index in [4.69, 9.17) is 17.3 Å². The van der Waals surface area contributed by atoms with E-state index in [1.165, 1.54) is 0 Å². The number of amides is 1. The summed E-state index contributed by atoms with van der Waals surface area (Å²) in [7, 11) is 0. The molecule has 2 rings (SSSR count). The second-order valence-electron chi connectivity index (χ2n) is 4.16. The summed E-state index contributed by atoms with van der Waals surface area (Å²) in [6, 6.07) is 10.5. The lowest BCUT2D eigenvalue weighted by molar-refractivity contribution is 0.102. The summed E-state index contributed by atoms with van der Waals surface area (Å²) in [5, 5.41) is 3.41. The van der Waals surface area contributed by atoms with Crippen LogP contribution in [0.4, 0.5) is 11.4 Å². The van der Waals surface area contributed by atoms with Gasteiger partial charge in [-0.1, -0.05) is 17.7 Å². The monoisotopic (exact) mass is 338 g/mol. The number of benzene rings is 2. The van der Waals surface area contributed by atoms with Crippen molar-refractivity contribution in [3.8, 4) is 0 Å². The smallest absolute Gasteiger partial charge is 0.256 e. The van der Waals surface area contributed by atoms with Gasteiger partial charge in [0.05, 0.1) is 5.02 Å². The van der Waals surface area contributed by atoms with Crippen LogP contribution in [0, 0.1) is 6.92 Å². The van der Waals surface area contributed by atoms with E-state index in [1.54, 1.807) is 30.3 Å². The Bertz CT molecular complexity index is 643. The second kappa shape index (κ2) is 5.63. The van der Waals surface area contributed by atoms with Gasteiger partial charge in [-0.3, -0.25) is 4.79 Å². The van der Waals surface area contributed by atoms with Crippen LogP contribution in [0.1, 0.15) is 15.9 Å². The highest BCUT2D eigenvalue weighted by molar-refractivity contribution is 9.10. The van der Waals surface area contributed by atoms with E-state index < -0.39 is 0 Å². The Hall–Kier alpha value is -1.52. The summed E-state index contributed by atoms with van der Waals surface area (Å²) in [6.07, 6.45) is 0. The zero-order valence-electron chi connectivity index (χ0n) is 10.2. The fourth-order valence-electron chi connectivity index (χ4n) is 1.66. The van der Waals surface area contributed by atoms with Gasteiger partial charge in [0, 0.05) is 21.4 Å². The molecular weight excluding hydrogens is 328 g/mol. The number of nitrogen functional groups attached to an aromatic ring is 1. The van der Waals surface area contributed by atoms with Gasteiger partial charge in [0.25, 0.3) is 5.91 Å². The highest BCUT2D eigenvalue weighted by Gasteiger charge is 2.10. The van der Waals surface area contributed by atoms with E-state index in [2.05, 4.69) is 21.2 Å². The molecule has 5 heteroatoms. The summed E-state index contributed by atoms with van der Waals surface area (Å²) in [5.74, 6) is -0.195. The maximum Gasteiger partial charge on any atom is 0.256 e. The minimum absolute atomic E-state index is 0.195. The molecule has 98 valence electrons. The number of hydrogen-bond acceptors (Lipinski definition) is 2. The number of anilines is 2. The third-order valence-corrected chi connectivity index (χ3v) is 3.90. The van der Waals surface area contributed by atoms with Gasteiger partial charge in [0.15, 0.2) is 0 Å². The maximum absolute atomic E-state index is 12.2. The van der Waals surface area contributed by atoms with Crippen molar-refractivity contribution in [1.82, 2.24) is 0 Å². The Kier molecular flexibility index (Phi) is 4.12. The quantitative estimate of drug-likeness (QED) is 0.804. The number of aryl methyl sites for hydroxylation is 1. The number of nitrogens with two attached hydrogens (primary N) is 1. The predicted octanol–water partition coefficient (Wildman–Crippen LogP) is 4.25. The van der Waals surface area contributed by atoms with Crippen molar-refractivity contribution in [3.05, 3.63) is 57.0 Å². The lowest BCUT2D eigenvalue weighted by Gasteiger charge is -2.09. The molecule has 0 radical (unpaired) electrons. The van der Waals surface area contributed by atoms with Crippen LogP contribution in [-0.2, 0) is 0 Å². The molecule has 19 heavy (non-hydrogen) atoms. The SMILES string of the molecule is Cc1ccc(N)cc1C(=O)Nc1ccc(Cl)c(Br)c1. The minimum Gasteiger partial charge on any atom is -0.399 e. The van der Waals surface area contributed by atoms with Crippen LogP contribution >= 0.6 is 27.5 Å². The van der Waals surface area contributed by atoms with E-state index in [1.807, 2.05) is 13.0 Å². The Morgan fingerprint density at radius 2 is 2.00 bits per heavy atom. The van der Waals surface area contributed by atoms with Crippen molar-refractivity contribution >= 4 is 44.8 Å². The first kappa shape index (κ1) is 13.9. The number of carbonyl (C=O) groups excluding carboxylic acids is 1. The Morgan fingerprint density at radius 3 is 2.68 bits per heavy atom. The number of nitrogens with one attached hydrogen (secondary N) is 1. The zero-order chi connectivity index (χ0) is 14.0. The molecule has 0 aromatic heterocycles. The molecule has 1 amide bonds. The van der Waals surface area contributed by atoms with E-state index in [0.29, 0.717) is 22.0 Å². The molecule has 0 aliphatic rings. The molecule has 3 N–H and O–H groups in total. The van der Waals surface area contributed by atoms with Gasteiger partial charge >= 0.3 is 0 Å².